The van der Waals surface area contributed by atoms with Crippen LogP contribution < -0.4 is 0 Å². The fourth-order valence-electron chi connectivity index (χ4n) is 2.19. The van der Waals surface area contributed by atoms with Gasteiger partial charge in [0.25, 0.3) is 5.91 Å². The molecule has 18 heavy (non-hydrogen) atoms. The molecule has 1 aliphatic rings. The molecule has 0 spiro atoms. The second kappa shape index (κ2) is 5.82. The quantitative estimate of drug-likeness (QED) is 0.878. The molecule has 1 aliphatic heterocycles. The number of rotatable bonds is 3. The molecule has 2 rings (SSSR count). The highest BCUT2D eigenvalue weighted by atomic mass is 16.5. The van der Waals surface area contributed by atoms with Crippen molar-refractivity contribution in [1.82, 2.24) is 9.88 Å². The van der Waals surface area contributed by atoms with Crippen LogP contribution in [0, 0.1) is 5.92 Å². The summed E-state index contributed by atoms with van der Waals surface area (Å²) in [6, 6.07) is 1.53. The molecule has 1 aromatic heterocycles. The lowest BCUT2D eigenvalue weighted by atomic mass is 10.0. The minimum Gasteiger partial charge on any atom is -0.505 e. The zero-order chi connectivity index (χ0) is 13.0. The fourth-order valence-corrected chi connectivity index (χ4v) is 2.19. The van der Waals surface area contributed by atoms with Gasteiger partial charge < -0.3 is 14.7 Å². The highest BCUT2D eigenvalue weighted by molar-refractivity contribution is 5.96. The lowest BCUT2D eigenvalue weighted by molar-refractivity contribution is 0.0387. The minimum atomic E-state index is -0.180. The third-order valence-corrected chi connectivity index (χ3v) is 3.16. The van der Waals surface area contributed by atoms with Crippen molar-refractivity contribution in [2.45, 2.75) is 12.8 Å². The van der Waals surface area contributed by atoms with Gasteiger partial charge in [0.15, 0.2) is 0 Å². The summed E-state index contributed by atoms with van der Waals surface area (Å²) < 4.78 is 5.39. The number of hydrogen-bond acceptors (Lipinski definition) is 4. The average Bonchev–Trinajstić information content (AvgIpc) is 2.39. The Morgan fingerprint density at radius 1 is 1.67 bits per heavy atom. The summed E-state index contributed by atoms with van der Waals surface area (Å²) >= 11 is 0. The Morgan fingerprint density at radius 2 is 2.50 bits per heavy atom. The van der Waals surface area contributed by atoms with E-state index in [1.54, 1.807) is 11.9 Å². The van der Waals surface area contributed by atoms with Gasteiger partial charge in [-0.1, -0.05) is 0 Å². The molecule has 1 saturated heterocycles. The molecule has 1 fully saturated rings. The molecule has 0 aromatic carbocycles. The van der Waals surface area contributed by atoms with Gasteiger partial charge >= 0.3 is 0 Å². The van der Waals surface area contributed by atoms with Crippen molar-refractivity contribution in [3.05, 3.63) is 24.0 Å². The van der Waals surface area contributed by atoms with Gasteiger partial charge in [-0.15, -0.1) is 0 Å². The van der Waals surface area contributed by atoms with Crippen LogP contribution in [0.5, 0.6) is 5.75 Å². The Labute approximate surface area is 106 Å². The van der Waals surface area contributed by atoms with Crippen molar-refractivity contribution in [2.75, 3.05) is 26.8 Å². The first kappa shape index (κ1) is 12.8. The van der Waals surface area contributed by atoms with E-state index in [0.29, 0.717) is 24.6 Å². The van der Waals surface area contributed by atoms with E-state index in [0.717, 1.165) is 19.4 Å². The molecular weight excluding hydrogens is 232 g/mol. The van der Waals surface area contributed by atoms with Crippen LogP contribution in [-0.2, 0) is 4.74 Å². The van der Waals surface area contributed by atoms with Gasteiger partial charge in [-0.05, 0) is 24.8 Å². The van der Waals surface area contributed by atoms with Crippen molar-refractivity contribution >= 4 is 5.91 Å². The van der Waals surface area contributed by atoms with E-state index in [-0.39, 0.29) is 11.7 Å². The summed E-state index contributed by atoms with van der Waals surface area (Å²) in [5, 5.41) is 9.60. The maximum atomic E-state index is 12.1. The maximum Gasteiger partial charge on any atom is 0.257 e. The Kier molecular flexibility index (Phi) is 4.15. The number of ether oxygens (including phenoxy) is 1. The maximum absolute atomic E-state index is 12.1. The van der Waals surface area contributed by atoms with Gasteiger partial charge in [-0.25, -0.2) is 0 Å². The molecule has 1 atom stereocenters. The monoisotopic (exact) mass is 250 g/mol. The molecule has 1 amide bonds. The highest BCUT2D eigenvalue weighted by Crippen LogP contribution is 2.19. The fraction of sp³-hybridized carbons (Fsp3) is 0.538. The third-order valence-electron chi connectivity index (χ3n) is 3.16. The van der Waals surface area contributed by atoms with Gasteiger partial charge in [-0.2, -0.15) is 0 Å². The van der Waals surface area contributed by atoms with E-state index in [1.807, 2.05) is 0 Å². The first-order valence-corrected chi connectivity index (χ1v) is 6.14. The second-order valence-electron chi connectivity index (χ2n) is 4.66. The lowest BCUT2D eigenvalue weighted by Gasteiger charge is -2.27. The molecule has 98 valence electrons. The predicted molar refractivity (Wildman–Crippen MR) is 66.4 cm³/mol. The van der Waals surface area contributed by atoms with Crippen molar-refractivity contribution in [3.63, 3.8) is 0 Å². The first-order chi connectivity index (χ1) is 8.68. The molecule has 0 radical (unpaired) electrons. The van der Waals surface area contributed by atoms with Crippen LogP contribution in [0.1, 0.15) is 23.2 Å². The van der Waals surface area contributed by atoms with Gasteiger partial charge in [0.05, 0.1) is 18.4 Å². The topological polar surface area (TPSA) is 62.7 Å². The molecule has 0 aliphatic carbocycles. The smallest absolute Gasteiger partial charge is 0.257 e. The van der Waals surface area contributed by atoms with Crippen LogP contribution in [0.3, 0.4) is 0 Å². The Hall–Kier alpha value is -1.62. The van der Waals surface area contributed by atoms with Crippen LogP contribution in [-0.4, -0.2) is 47.7 Å². The summed E-state index contributed by atoms with van der Waals surface area (Å²) in [5.41, 5.74) is 0.296. The summed E-state index contributed by atoms with van der Waals surface area (Å²) in [5.74, 6) is 0.131. The largest absolute Gasteiger partial charge is 0.505 e. The number of nitrogens with zero attached hydrogens (tertiary/aromatic N) is 2. The number of aromatic nitrogens is 1. The molecular formula is C13H18N2O3. The Balaban J connectivity index is 1.98. The number of aromatic hydroxyl groups is 1. The van der Waals surface area contributed by atoms with Crippen LogP contribution in [0.25, 0.3) is 0 Å². The van der Waals surface area contributed by atoms with Crippen LogP contribution in [0.4, 0.5) is 0 Å². The van der Waals surface area contributed by atoms with Crippen molar-refractivity contribution in [2.24, 2.45) is 5.92 Å². The number of carbonyl (C=O) groups is 1. The molecule has 0 saturated carbocycles. The van der Waals surface area contributed by atoms with E-state index >= 15 is 0 Å². The molecule has 2 heterocycles. The van der Waals surface area contributed by atoms with Crippen LogP contribution >= 0.6 is 0 Å². The van der Waals surface area contributed by atoms with E-state index in [4.69, 9.17) is 4.74 Å². The van der Waals surface area contributed by atoms with Crippen molar-refractivity contribution < 1.29 is 14.6 Å². The highest BCUT2D eigenvalue weighted by Gasteiger charge is 2.21. The van der Waals surface area contributed by atoms with Crippen molar-refractivity contribution in [3.8, 4) is 5.75 Å². The minimum absolute atomic E-state index is 0.0748. The van der Waals surface area contributed by atoms with Gasteiger partial charge in [0, 0.05) is 26.4 Å². The summed E-state index contributed by atoms with van der Waals surface area (Å²) in [6.07, 6.45) is 4.92. The molecule has 1 aromatic rings. The van der Waals surface area contributed by atoms with Gasteiger partial charge in [0.1, 0.15) is 5.75 Å². The molecule has 0 bridgehead atoms. The summed E-state index contributed by atoms with van der Waals surface area (Å²) in [6.45, 7) is 2.18. The van der Waals surface area contributed by atoms with E-state index < -0.39 is 0 Å². The summed E-state index contributed by atoms with van der Waals surface area (Å²) in [7, 11) is 1.75. The van der Waals surface area contributed by atoms with Gasteiger partial charge in [0.2, 0.25) is 0 Å². The van der Waals surface area contributed by atoms with Gasteiger partial charge in [-0.3, -0.25) is 9.78 Å². The average molecular weight is 250 g/mol. The van der Waals surface area contributed by atoms with Crippen LogP contribution in [0.2, 0.25) is 0 Å². The molecule has 5 nitrogen and oxygen atoms in total. The standard InChI is InChI=1S/C13H18N2O3/c1-15(8-10-3-2-6-18-9-10)13(17)11-4-5-14-7-12(11)16/h4-5,7,10,16H,2-3,6,8-9H2,1H3. The Morgan fingerprint density at radius 3 is 3.17 bits per heavy atom. The first-order valence-electron chi connectivity index (χ1n) is 6.14. The SMILES string of the molecule is CN(CC1CCCOC1)C(=O)c1ccncc1O. The normalized spacial score (nSPS) is 19.5. The van der Waals surface area contributed by atoms with Crippen LogP contribution in [0.15, 0.2) is 18.5 Å². The second-order valence-corrected chi connectivity index (χ2v) is 4.66. The Bertz CT molecular complexity index is 416. The van der Waals surface area contributed by atoms with E-state index in [1.165, 1.54) is 18.5 Å². The zero-order valence-corrected chi connectivity index (χ0v) is 10.5. The third kappa shape index (κ3) is 2.98. The number of carbonyl (C=O) groups excluding carboxylic acids is 1. The lowest BCUT2D eigenvalue weighted by Crippen LogP contribution is -2.35. The van der Waals surface area contributed by atoms with E-state index in [2.05, 4.69) is 4.98 Å². The molecule has 1 unspecified atom stereocenters. The number of hydrogen-bond donors (Lipinski definition) is 1. The number of pyridine rings is 1. The molecule has 5 heteroatoms. The number of amides is 1. The van der Waals surface area contributed by atoms with Crippen molar-refractivity contribution in [1.29, 1.82) is 0 Å². The molecule has 1 N–H and O–H groups in total. The zero-order valence-electron chi connectivity index (χ0n) is 10.5. The summed E-state index contributed by atoms with van der Waals surface area (Å²) in [4.78, 5) is 17.5. The predicted octanol–water partition coefficient (Wildman–Crippen LogP) is 1.29. The van der Waals surface area contributed by atoms with E-state index in [9.17, 15) is 9.90 Å².